The van der Waals surface area contributed by atoms with Crippen LogP contribution in [0.1, 0.15) is 29.2 Å². The summed E-state index contributed by atoms with van der Waals surface area (Å²) in [6.07, 6.45) is 0.607. The van der Waals surface area contributed by atoms with Gasteiger partial charge in [-0.1, -0.05) is 23.8 Å². The van der Waals surface area contributed by atoms with E-state index in [1.165, 1.54) is 5.56 Å². The van der Waals surface area contributed by atoms with Crippen molar-refractivity contribution in [2.24, 2.45) is 5.92 Å². The van der Waals surface area contributed by atoms with Crippen molar-refractivity contribution in [2.75, 3.05) is 20.2 Å². The van der Waals surface area contributed by atoms with E-state index in [2.05, 4.69) is 30.0 Å². The second-order valence-corrected chi connectivity index (χ2v) is 7.18. The van der Waals surface area contributed by atoms with Crippen molar-refractivity contribution in [2.45, 2.75) is 32.1 Å². The minimum absolute atomic E-state index is 0.109. The average molecular weight is 339 g/mol. The number of aryl methyl sites for hydroxylation is 1. The highest BCUT2D eigenvalue weighted by Gasteiger charge is 2.40. The molecule has 132 valence electrons. The van der Waals surface area contributed by atoms with E-state index in [1.807, 2.05) is 24.3 Å². The predicted octanol–water partition coefficient (Wildman–Crippen LogP) is 3.32. The minimum Gasteiger partial charge on any atom is -0.497 e. The van der Waals surface area contributed by atoms with Crippen LogP contribution >= 0.6 is 0 Å². The number of nitrogens with zero attached hydrogens (tertiary/aromatic N) is 1. The first-order valence-electron chi connectivity index (χ1n) is 8.94. The van der Waals surface area contributed by atoms with Crippen LogP contribution in [0.5, 0.6) is 11.5 Å². The zero-order valence-corrected chi connectivity index (χ0v) is 14.8. The first-order chi connectivity index (χ1) is 12.1. The quantitative estimate of drug-likeness (QED) is 0.931. The molecule has 3 atom stereocenters. The van der Waals surface area contributed by atoms with Gasteiger partial charge >= 0.3 is 0 Å². The predicted molar refractivity (Wildman–Crippen MR) is 96.9 cm³/mol. The van der Waals surface area contributed by atoms with E-state index in [1.54, 1.807) is 7.11 Å². The average Bonchev–Trinajstić information content (AvgIpc) is 2.64. The molecule has 2 aliphatic rings. The topological polar surface area (TPSA) is 41.9 Å². The molecule has 0 bridgehead atoms. The third kappa shape index (κ3) is 3.24. The van der Waals surface area contributed by atoms with Gasteiger partial charge in [-0.2, -0.15) is 0 Å². The highest BCUT2D eigenvalue weighted by Crippen LogP contribution is 2.42. The monoisotopic (exact) mass is 339 g/mol. The molecule has 4 nitrogen and oxygen atoms in total. The fraction of sp³-hybridized carbons (Fsp3) is 0.429. The molecule has 4 rings (SSSR count). The van der Waals surface area contributed by atoms with Crippen molar-refractivity contribution in [1.29, 1.82) is 0 Å². The molecule has 0 amide bonds. The number of methoxy groups -OCH3 is 1. The van der Waals surface area contributed by atoms with E-state index >= 15 is 0 Å². The number of likely N-dealkylation sites (tertiary alicyclic amines) is 1. The van der Waals surface area contributed by atoms with E-state index in [-0.39, 0.29) is 12.0 Å². The molecule has 0 unspecified atom stereocenters. The SMILES string of the molecule is COc1ccc(CN2CC[C@H]3Oc4ccc(C)cc4[C@H](O)[C@H]3C2)cc1. The maximum atomic E-state index is 10.9. The fourth-order valence-electron chi connectivity index (χ4n) is 4.01. The molecule has 4 heteroatoms. The number of benzene rings is 2. The van der Waals surface area contributed by atoms with Gasteiger partial charge in [-0.3, -0.25) is 4.90 Å². The van der Waals surface area contributed by atoms with Crippen molar-refractivity contribution >= 4 is 0 Å². The molecule has 1 fully saturated rings. The Hall–Kier alpha value is -2.04. The standard InChI is InChI=1S/C21H25NO3/c1-14-3-8-19-17(11-14)21(23)18-13-22(10-9-20(18)25-19)12-15-4-6-16(24-2)7-5-15/h3-8,11,18,20-21,23H,9-10,12-13H2,1-2H3/t18-,20+,21-/m0/s1. The van der Waals surface area contributed by atoms with Gasteiger partial charge < -0.3 is 14.6 Å². The van der Waals surface area contributed by atoms with Gasteiger partial charge in [0.25, 0.3) is 0 Å². The minimum atomic E-state index is -0.452. The number of aliphatic hydroxyl groups is 1. The van der Waals surface area contributed by atoms with Gasteiger partial charge in [-0.25, -0.2) is 0 Å². The summed E-state index contributed by atoms with van der Waals surface area (Å²) in [5.41, 5.74) is 3.36. The van der Waals surface area contributed by atoms with Crippen molar-refractivity contribution in [1.82, 2.24) is 4.90 Å². The van der Waals surface area contributed by atoms with E-state index in [0.717, 1.165) is 48.7 Å². The third-order valence-corrected chi connectivity index (χ3v) is 5.41. The summed E-state index contributed by atoms with van der Waals surface area (Å²) < 4.78 is 11.4. The molecule has 2 heterocycles. The summed E-state index contributed by atoms with van der Waals surface area (Å²) in [4.78, 5) is 2.41. The second-order valence-electron chi connectivity index (χ2n) is 7.18. The Balaban J connectivity index is 1.48. The number of hydrogen-bond donors (Lipinski definition) is 1. The van der Waals surface area contributed by atoms with Crippen molar-refractivity contribution in [3.8, 4) is 11.5 Å². The Kier molecular flexibility index (Phi) is 4.40. The summed E-state index contributed by atoms with van der Waals surface area (Å²) in [5, 5.41) is 10.9. The van der Waals surface area contributed by atoms with Crippen LogP contribution < -0.4 is 9.47 Å². The molecule has 0 aromatic heterocycles. The van der Waals surface area contributed by atoms with Gasteiger partial charge in [0.05, 0.1) is 13.2 Å². The lowest BCUT2D eigenvalue weighted by atomic mass is 9.83. The molecular formula is C21H25NO3. The van der Waals surface area contributed by atoms with Crippen molar-refractivity contribution in [3.63, 3.8) is 0 Å². The van der Waals surface area contributed by atoms with E-state index in [0.29, 0.717) is 0 Å². The molecular weight excluding hydrogens is 314 g/mol. The van der Waals surface area contributed by atoms with Crippen LogP contribution in [0.2, 0.25) is 0 Å². The maximum absolute atomic E-state index is 10.9. The lowest BCUT2D eigenvalue weighted by Crippen LogP contribution is -2.49. The maximum Gasteiger partial charge on any atom is 0.125 e. The van der Waals surface area contributed by atoms with Crippen LogP contribution in [-0.4, -0.2) is 36.3 Å². The van der Waals surface area contributed by atoms with E-state index in [4.69, 9.17) is 9.47 Å². The molecule has 2 aromatic carbocycles. The Morgan fingerprint density at radius 1 is 1.20 bits per heavy atom. The number of fused-ring (bicyclic) bond motifs is 2. The first-order valence-corrected chi connectivity index (χ1v) is 8.94. The largest absolute Gasteiger partial charge is 0.497 e. The zero-order chi connectivity index (χ0) is 17.4. The highest BCUT2D eigenvalue weighted by molar-refractivity contribution is 5.41. The highest BCUT2D eigenvalue weighted by atomic mass is 16.5. The van der Waals surface area contributed by atoms with E-state index in [9.17, 15) is 5.11 Å². The molecule has 1 N–H and O–H groups in total. The molecule has 0 aliphatic carbocycles. The smallest absolute Gasteiger partial charge is 0.125 e. The molecule has 0 spiro atoms. The number of aliphatic hydroxyl groups excluding tert-OH is 1. The number of piperidine rings is 1. The van der Waals surface area contributed by atoms with Crippen LogP contribution in [0.15, 0.2) is 42.5 Å². The van der Waals surface area contributed by atoms with Crippen LogP contribution in [0.3, 0.4) is 0 Å². The van der Waals surface area contributed by atoms with Gasteiger partial charge in [0, 0.05) is 31.1 Å². The van der Waals surface area contributed by atoms with Gasteiger partial charge in [0.15, 0.2) is 0 Å². The molecule has 2 aliphatic heterocycles. The number of hydrogen-bond acceptors (Lipinski definition) is 4. The molecule has 2 aromatic rings. The van der Waals surface area contributed by atoms with Crippen LogP contribution in [0, 0.1) is 12.8 Å². The summed E-state index contributed by atoms with van der Waals surface area (Å²) in [5.74, 6) is 1.86. The lowest BCUT2D eigenvalue weighted by Gasteiger charge is -2.44. The Morgan fingerprint density at radius 2 is 2.00 bits per heavy atom. The van der Waals surface area contributed by atoms with Gasteiger partial charge in [-0.05, 0) is 43.2 Å². The van der Waals surface area contributed by atoms with Crippen LogP contribution in [-0.2, 0) is 6.54 Å². The van der Waals surface area contributed by atoms with Gasteiger partial charge in [-0.15, -0.1) is 0 Å². The zero-order valence-electron chi connectivity index (χ0n) is 14.8. The summed E-state index contributed by atoms with van der Waals surface area (Å²) in [6.45, 7) is 4.78. The third-order valence-electron chi connectivity index (χ3n) is 5.41. The summed E-state index contributed by atoms with van der Waals surface area (Å²) >= 11 is 0. The lowest BCUT2D eigenvalue weighted by molar-refractivity contribution is -0.0491. The number of rotatable bonds is 3. The van der Waals surface area contributed by atoms with Crippen LogP contribution in [0.25, 0.3) is 0 Å². The summed E-state index contributed by atoms with van der Waals surface area (Å²) in [7, 11) is 1.68. The summed E-state index contributed by atoms with van der Waals surface area (Å²) in [6, 6.07) is 14.3. The number of ether oxygens (including phenoxy) is 2. The molecule has 25 heavy (non-hydrogen) atoms. The van der Waals surface area contributed by atoms with E-state index < -0.39 is 6.10 Å². The Labute approximate surface area is 149 Å². The van der Waals surface area contributed by atoms with Crippen molar-refractivity contribution in [3.05, 3.63) is 59.2 Å². The van der Waals surface area contributed by atoms with Crippen molar-refractivity contribution < 1.29 is 14.6 Å². The molecule has 0 saturated carbocycles. The normalized spacial score (nSPS) is 25.6. The van der Waals surface area contributed by atoms with Gasteiger partial charge in [0.2, 0.25) is 0 Å². The molecule has 0 radical (unpaired) electrons. The van der Waals surface area contributed by atoms with Gasteiger partial charge in [0.1, 0.15) is 17.6 Å². The fourth-order valence-corrected chi connectivity index (χ4v) is 4.01. The Bertz CT molecular complexity index is 743. The Morgan fingerprint density at radius 3 is 2.76 bits per heavy atom. The first kappa shape index (κ1) is 16.4. The van der Waals surface area contributed by atoms with Crippen LogP contribution in [0.4, 0.5) is 0 Å². The second kappa shape index (κ2) is 6.70. The molecule has 1 saturated heterocycles.